The quantitative estimate of drug-likeness (QED) is 0.182. The fourth-order valence-corrected chi connectivity index (χ4v) is 5.25. The lowest BCUT2D eigenvalue weighted by Crippen LogP contribution is -2.45. The average Bonchev–Trinajstić information content (AvgIpc) is 3.61. The number of ether oxygens (including phenoxy) is 4. The SMILES string of the molecule is COC(=O)[C@H](COCc1cccc(OCCF)c1)NC(=O)Cn1cc(COc2ccc3sc(S(N)(=O)=O)nc3c2)nn1. The lowest BCUT2D eigenvalue weighted by atomic mass is 10.2. The highest BCUT2D eigenvalue weighted by Gasteiger charge is 2.22. The molecule has 4 aromatic rings. The van der Waals surface area contributed by atoms with E-state index in [1.165, 1.54) is 18.0 Å². The van der Waals surface area contributed by atoms with Crippen LogP contribution in [0.3, 0.4) is 0 Å². The largest absolute Gasteiger partial charge is 0.491 e. The Morgan fingerprint density at radius 3 is 2.71 bits per heavy atom. The zero-order valence-electron chi connectivity index (χ0n) is 22.3. The number of nitrogens with zero attached hydrogens (tertiary/aromatic N) is 4. The molecule has 0 aliphatic rings. The number of carbonyl (C=O) groups excluding carboxylic acids is 2. The van der Waals surface area contributed by atoms with Gasteiger partial charge in [-0.2, -0.15) is 0 Å². The van der Waals surface area contributed by atoms with Crippen LogP contribution in [0.5, 0.6) is 11.5 Å². The van der Waals surface area contributed by atoms with Gasteiger partial charge >= 0.3 is 5.97 Å². The first kappa shape index (κ1) is 30.8. The third-order valence-corrected chi connectivity index (χ3v) is 7.84. The van der Waals surface area contributed by atoms with Crippen LogP contribution in [0.1, 0.15) is 11.3 Å². The van der Waals surface area contributed by atoms with Gasteiger partial charge in [-0.3, -0.25) is 4.79 Å². The number of benzene rings is 2. The molecule has 1 amide bonds. The van der Waals surface area contributed by atoms with E-state index in [0.29, 0.717) is 27.4 Å². The van der Waals surface area contributed by atoms with E-state index in [1.807, 2.05) is 0 Å². The summed E-state index contributed by atoms with van der Waals surface area (Å²) >= 11 is 0.954. The van der Waals surface area contributed by atoms with E-state index in [-0.39, 0.29) is 37.3 Å². The van der Waals surface area contributed by atoms with Crippen LogP contribution in [-0.4, -0.2) is 73.3 Å². The molecule has 0 saturated heterocycles. The van der Waals surface area contributed by atoms with Crippen LogP contribution in [0.25, 0.3) is 10.2 Å². The number of primary sulfonamides is 1. The van der Waals surface area contributed by atoms with Crippen molar-refractivity contribution in [2.75, 3.05) is 27.0 Å². The van der Waals surface area contributed by atoms with Gasteiger partial charge in [0.1, 0.15) is 43.6 Å². The fourth-order valence-electron chi connectivity index (χ4n) is 3.61. The van der Waals surface area contributed by atoms with Gasteiger partial charge in [-0.15, -0.1) is 16.4 Å². The van der Waals surface area contributed by atoms with Gasteiger partial charge in [0.25, 0.3) is 10.0 Å². The number of hydrogen-bond donors (Lipinski definition) is 2. The summed E-state index contributed by atoms with van der Waals surface area (Å²) in [6.07, 6.45) is 1.50. The smallest absolute Gasteiger partial charge is 0.330 e. The number of amides is 1. The molecule has 4 rings (SSSR count). The molecule has 2 aromatic carbocycles. The summed E-state index contributed by atoms with van der Waals surface area (Å²) in [5, 5.41) is 15.6. The Kier molecular flexibility index (Phi) is 10.3. The van der Waals surface area contributed by atoms with Gasteiger partial charge in [-0.05, 0) is 29.8 Å². The molecule has 224 valence electrons. The second-order valence-corrected chi connectivity index (χ2v) is 11.5. The maximum absolute atomic E-state index is 12.6. The Morgan fingerprint density at radius 2 is 1.95 bits per heavy atom. The average molecular weight is 623 g/mol. The number of rotatable bonds is 15. The molecule has 2 heterocycles. The number of nitrogens with two attached hydrogens (primary N) is 1. The van der Waals surface area contributed by atoms with E-state index in [4.69, 9.17) is 24.1 Å². The summed E-state index contributed by atoms with van der Waals surface area (Å²) in [6, 6.07) is 10.7. The number of hydrogen-bond acceptors (Lipinski definition) is 12. The maximum Gasteiger partial charge on any atom is 0.330 e. The van der Waals surface area contributed by atoms with E-state index in [0.717, 1.165) is 16.9 Å². The van der Waals surface area contributed by atoms with Gasteiger partial charge in [0, 0.05) is 6.07 Å². The van der Waals surface area contributed by atoms with E-state index in [1.54, 1.807) is 42.5 Å². The molecular weight excluding hydrogens is 595 g/mol. The molecule has 0 saturated carbocycles. The van der Waals surface area contributed by atoms with Crippen molar-refractivity contribution in [2.45, 2.75) is 30.1 Å². The molecule has 0 fully saturated rings. The second kappa shape index (κ2) is 14.1. The summed E-state index contributed by atoms with van der Waals surface area (Å²) in [4.78, 5) is 28.8. The van der Waals surface area contributed by atoms with Crippen molar-refractivity contribution in [2.24, 2.45) is 5.14 Å². The number of carbonyl (C=O) groups is 2. The number of fused-ring (bicyclic) bond motifs is 1. The van der Waals surface area contributed by atoms with Gasteiger partial charge in [0.15, 0.2) is 6.04 Å². The van der Waals surface area contributed by atoms with Gasteiger partial charge in [-0.1, -0.05) is 17.3 Å². The highest BCUT2D eigenvalue weighted by Crippen LogP contribution is 2.28. The number of alkyl halides is 1. The number of methoxy groups -OCH3 is 1. The molecule has 3 N–H and O–H groups in total. The minimum atomic E-state index is -3.91. The van der Waals surface area contributed by atoms with Gasteiger partial charge < -0.3 is 24.3 Å². The molecule has 0 spiro atoms. The van der Waals surface area contributed by atoms with Crippen molar-refractivity contribution >= 4 is 43.5 Å². The number of nitrogens with one attached hydrogen (secondary N) is 1. The molecule has 2 aromatic heterocycles. The predicted octanol–water partition coefficient (Wildman–Crippen LogP) is 1.34. The molecule has 0 aliphatic heterocycles. The van der Waals surface area contributed by atoms with Crippen LogP contribution in [-0.2, 0) is 48.8 Å². The number of aromatic nitrogens is 4. The Hall–Kier alpha value is -4.19. The lowest BCUT2D eigenvalue weighted by molar-refractivity contribution is -0.147. The van der Waals surface area contributed by atoms with Crippen molar-refractivity contribution in [3.05, 3.63) is 59.9 Å². The highest BCUT2D eigenvalue weighted by molar-refractivity contribution is 7.91. The Balaban J connectivity index is 1.27. The summed E-state index contributed by atoms with van der Waals surface area (Å²) in [5.74, 6) is -0.318. The van der Waals surface area contributed by atoms with E-state index < -0.39 is 34.6 Å². The molecule has 42 heavy (non-hydrogen) atoms. The van der Waals surface area contributed by atoms with Crippen LogP contribution in [0, 0.1) is 0 Å². The van der Waals surface area contributed by atoms with Gasteiger partial charge in [0.2, 0.25) is 10.2 Å². The van der Waals surface area contributed by atoms with Crippen LogP contribution < -0.4 is 19.9 Å². The first-order chi connectivity index (χ1) is 20.1. The minimum Gasteiger partial charge on any atom is -0.491 e. The van der Waals surface area contributed by atoms with Crippen molar-refractivity contribution in [1.29, 1.82) is 0 Å². The first-order valence-electron chi connectivity index (χ1n) is 12.3. The first-order valence-corrected chi connectivity index (χ1v) is 14.7. The number of sulfonamides is 1. The summed E-state index contributed by atoms with van der Waals surface area (Å²) < 4.78 is 58.4. The third kappa shape index (κ3) is 8.65. The van der Waals surface area contributed by atoms with Crippen LogP contribution >= 0.6 is 11.3 Å². The molecule has 17 heteroatoms. The minimum absolute atomic E-state index is 0.0119. The molecule has 0 unspecified atom stereocenters. The molecule has 0 aliphatic carbocycles. The summed E-state index contributed by atoms with van der Waals surface area (Å²) in [7, 11) is -2.71. The Morgan fingerprint density at radius 1 is 1.14 bits per heavy atom. The predicted molar refractivity (Wildman–Crippen MR) is 147 cm³/mol. The van der Waals surface area contributed by atoms with E-state index >= 15 is 0 Å². The van der Waals surface area contributed by atoms with Crippen LogP contribution in [0.2, 0.25) is 0 Å². The zero-order valence-corrected chi connectivity index (χ0v) is 23.9. The molecular formula is C25H27FN6O8S2. The normalized spacial score (nSPS) is 12.2. The molecule has 1 atom stereocenters. The van der Waals surface area contributed by atoms with E-state index in [2.05, 4.69) is 20.6 Å². The van der Waals surface area contributed by atoms with E-state index in [9.17, 15) is 22.4 Å². The zero-order chi connectivity index (χ0) is 30.1. The fraction of sp³-hybridized carbons (Fsp3) is 0.320. The molecule has 0 radical (unpaired) electrons. The van der Waals surface area contributed by atoms with Crippen LogP contribution in [0.4, 0.5) is 4.39 Å². The van der Waals surface area contributed by atoms with Crippen molar-refractivity contribution in [1.82, 2.24) is 25.3 Å². The third-order valence-electron chi connectivity index (χ3n) is 5.48. The summed E-state index contributed by atoms with van der Waals surface area (Å²) in [5.41, 5.74) is 1.57. The Bertz CT molecular complexity index is 1640. The maximum atomic E-state index is 12.6. The topological polar surface area (TPSA) is 187 Å². The Labute approximate surface area is 243 Å². The highest BCUT2D eigenvalue weighted by atomic mass is 32.2. The van der Waals surface area contributed by atoms with Crippen molar-refractivity contribution in [3.8, 4) is 11.5 Å². The second-order valence-electron chi connectivity index (χ2n) is 8.69. The van der Waals surface area contributed by atoms with Gasteiger partial charge in [0.05, 0.1) is 36.7 Å². The molecule has 0 bridgehead atoms. The van der Waals surface area contributed by atoms with Crippen molar-refractivity contribution < 1.29 is 41.3 Å². The number of esters is 1. The van der Waals surface area contributed by atoms with Crippen LogP contribution in [0.15, 0.2) is 53.0 Å². The standard InChI is InChI=1S/C25H27FN6O8S2/c1-37-24(34)21(15-38-13-16-3-2-4-18(9-16)39-8-7-26)28-23(33)12-32-11-17(30-31-32)14-40-19-5-6-22-20(10-19)29-25(41-22)42(27,35)36/h2-6,9-11,21H,7-8,12-15H2,1H3,(H,28,33)(H2,27,35,36)/t21-/m0/s1. The van der Waals surface area contributed by atoms with Gasteiger partial charge in [-0.25, -0.2) is 32.4 Å². The number of thiazole rings is 1. The number of halogens is 1. The molecule has 14 nitrogen and oxygen atoms in total. The van der Waals surface area contributed by atoms with Crippen molar-refractivity contribution in [3.63, 3.8) is 0 Å². The summed E-state index contributed by atoms with van der Waals surface area (Å²) in [6.45, 7) is -0.939. The lowest BCUT2D eigenvalue weighted by Gasteiger charge is -2.17. The monoisotopic (exact) mass is 622 g/mol.